The molecule has 0 saturated carbocycles. The average Bonchev–Trinajstić information content (AvgIpc) is 2.69. The maximum absolute atomic E-state index is 12.7. The molecule has 2 aromatic rings. The topological polar surface area (TPSA) is 55.1 Å². The van der Waals surface area contributed by atoms with Gasteiger partial charge in [0.15, 0.2) is 0 Å². The number of rotatable bonds is 3. The Morgan fingerprint density at radius 2 is 2.06 bits per heavy atom. The van der Waals surface area contributed by atoms with Crippen molar-refractivity contribution in [1.82, 2.24) is 9.55 Å². The number of imidazole rings is 1. The van der Waals surface area contributed by atoms with E-state index in [1.165, 1.54) is 29.2 Å². The normalized spacial score (nSPS) is 10.3. The van der Waals surface area contributed by atoms with Crippen LogP contribution in [0.25, 0.3) is 0 Å². The molecule has 0 radical (unpaired) electrons. The predicted octanol–water partition coefficient (Wildman–Crippen LogP) is 1.77. The number of aromatic carboxylic acids is 1. The molecule has 1 N–H and O–H groups in total. The fourth-order valence-electron chi connectivity index (χ4n) is 1.41. The van der Waals surface area contributed by atoms with Gasteiger partial charge in [0.1, 0.15) is 11.5 Å². The van der Waals surface area contributed by atoms with Gasteiger partial charge >= 0.3 is 5.97 Å². The zero-order valence-electron chi connectivity index (χ0n) is 8.30. The molecule has 0 saturated heterocycles. The Kier molecular flexibility index (Phi) is 2.68. The molecule has 1 heterocycles. The van der Waals surface area contributed by atoms with Gasteiger partial charge in [-0.1, -0.05) is 12.1 Å². The molecule has 82 valence electrons. The van der Waals surface area contributed by atoms with E-state index in [1.54, 1.807) is 12.1 Å². The van der Waals surface area contributed by atoms with E-state index in [0.29, 0.717) is 6.54 Å². The van der Waals surface area contributed by atoms with Crippen molar-refractivity contribution in [3.05, 3.63) is 53.9 Å². The molecule has 0 aliphatic rings. The molecule has 0 unspecified atom stereocenters. The third-order valence-corrected chi connectivity index (χ3v) is 2.20. The highest BCUT2D eigenvalue weighted by Crippen LogP contribution is 2.07. The maximum atomic E-state index is 12.7. The van der Waals surface area contributed by atoms with Gasteiger partial charge in [-0.15, -0.1) is 0 Å². The number of hydrogen-bond donors (Lipinski definition) is 1. The largest absolute Gasteiger partial charge is 0.477 e. The number of aromatic nitrogens is 2. The highest BCUT2D eigenvalue weighted by molar-refractivity contribution is 5.85. The summed E-state index contributed by atoms with van der Waals surface area (Å²) in [6, 6.07) is 5.90. The number of hydrogen-bond acceptors (Lipinski definition) is 2. The molecule has 4 nitrogen and oxygen atoms in total. The van der Waals surface area contributed by atoms with Gasteiger partial charge in [-0.2, -0.15) is 0 Å². The summed E-state index contributed by atoms with van der Waals surface area (Å²) in [6.07, 6.45) is 2.72. The van der Waals surface area contributed by atoms with Crippen LogP contribution < -0.4 is 0 Å². The summed E-state index contributed by atoms with van der Waals surface area (Å²) in [6.45, 7) is 0.363. The van der Waals surface area contributed by atoms with Crippen LogP contribution in [0.5, 0.6) is 0 Å². The van der Waals surface area contributed by atoms with Crippen LogP contribution >= 0.6 is 0 Å². The Balaban J connectivity index is 2.23. The second-order valence-electron chi connectivity index (χ2n) is 3.34. The van der Waals surface area contributed by atoms with Gasteiger partial charge < -0.3 is 9.67 Å². The first kappa shape index (κ1) is 10.4. The Morgan fingerprint density at radius 3 is 2.69 bits per heavy atom. The first-order chi connectivity index (χ1) is 7.66. The molecule has 5 heteroatoms. The van der Waals surface area contributed by atoms with Gasteiger partial charge in [-0.25, -0.2) is 14.2 Å². The van der Waals surface area contributed by atoms with Crippen LogP contribution in [0.3, 0.4) is 0 Å². The molecule has 16 heavy (non-hydrogen) atoms. The van der Waals surface area contributed by atoms with Crippen LogP contribution in [0.2, 0.25) is 0 Å². The number of carboxylic acids is 1. The minimum Gasteiger partial charge on any atom is -0.477 e. The van der Waals surface area contributed by atoms with Gasteiger partial charge in [-0.05, 0) is 17.7 Å². The lowest BCUT2D eigenvalue weighted by Gasteiger charge is -2.04. The summed E-state index contributed by atoms with van der Waals surface area (Å²) in [5, 5.41) is 8.86. The first-order valence-electron chi connectivity index (χ1n) is 4.64. The van der Waals surface area contributed by atoms with Crippen molar-refractivity contribution in [2.75, 3.05) is 0 Å². The van der Waals surface area contributed by atoms with Gasteiger partial charge in [0, 0.05) is 6.54 Å². The van der Waals surface area contributed by atoms with E-state index >= 15 is 0 Å². The number of halogens is 1. The lowest BCUT2D eigenvalue weighted by atomic mass is 10.2. The third-order valence-electron chi connectivity index (χ3n) is 2.20. The summed E-state index contributed by atoms with van der Waals surface area (Å²) in [4.78, 5) is 14.6. The van der Waals surface area contributed by atoms with E-state index in [9.17, 15) is 9.18 Å². The molecule has 0 amide bonds. The van der Waals surface area contributed by atoms with Crippen LogP contribution in [-0.2, 0) is 6.54 Å². The molecular formula is C11H9FN2O2. The minimum atomic E-state index is -1.03. The molecule has 0 aliphatic carbocycles. The Hall–Kier alpha value is -2.17. The van der Waals surface area contributed by atoms with E-state index in [0.717, 1.165) is 5.56 Å². The molecule has 0 fully saturated rings. The van der Waals surface area contributed by atoms with Crippen LogP contribution in [0.15, 0.2) is 36.8 Å². The average molecular weight is 220 g/mol. The van der Waals surface area contributed by atoms with Crippen molar-refractivity contribution < 1.29 is 14.3 Å². The zero-order chi connectivity index (χ0) is 11.5. The maximum Gasteiger partial charge on any atom is 0.354 e. The summed E-state index contributed by atoms with van der Waals surface area (Å²) in [5.41, 5.74) is 0.936. The van der Waals surface area contributed by atoms with E-state index < -0.39 is 5.97 Å². The molecule has 2 rings (SSSR count). The SMILES string of the molecule is O=C(O)c1cncn1Cc1ccc(F)cc1. The molecule has 0 spiro atoms. The summed E-state index contributed by atoms with van der Waals surface area (Å²) >= 11 is 0. The summed E-state index contributed by atoms with van der Waals surface area (Å²) in [5.74, 6) is -1.34. The van der Waals surface area contributed by atoms with Gasteiger partial charge in [0.2, 0.25) is 0 Å². The van der Waals surface area contributed by atoms with Crippen molar-refractivity contribution in [3.63, 3.8) is 0 Å². The number of nitrogens with zero attached hydrogens (tertiary/aromatic N) is 2. The minimum absolute atomic E-state index is 0.115. The first-order valence-corrected chi connectivity index (χ1v) is 4.64. The molecule has 0 atom stereocenters. The van der Waals surface area contributed by atoms with Gasteiger partial charge in [0.25, 0.3) is 0 Å². The van der Waals surface area contributed by atoms with Crippen LogP contribution in [-0.4, -0.2) is 20.6 Å². The molecule has 0 aliphatic heterocycles. The number of benzene rings is 1. The molecular weight excluding hydrogens is 211 g/mol. The monoisotopic (exact) mass is 220 g/mol. The Bertz CT molecular complexity index is 505. The lowest BCUT2D eigenvalue weighted by Crippen LogP contribution is -2.08. The van der Waals surface area contributed by atoms with E-state index in [-0.39, 0.29) is 11.5 Å². The van der Waals surface area contributed by atoms with Crippen molar-refractivity contribution in [3.8, 4) is 0 Å². The summed E-state index contributed by atoms with van der Waals surface area (Å²) < 4.78 is 14.2. The highest BCUT2D eigenvalue weighted by Gasteiger charge is 2.09. The number of carbonyl (C=O) groups is 1. The van der Waals surface area contributed by atoms with Crippen LogP contribution in [0.4, 0.5) is 4.39 Å². The second-order valence-corrected chi connectivity index (χ2v) is 3.34. The molecule has 1 aromatic carbocycles. The zero-order valence-corrected chi connectivity index (χ0v) is 8.30. The summed E-state index contributed by atoms with van der Waals surface area (Å²) in [7, 11) is 0. The Labute approximate surface area is 91.0 Å². The fourth-order valence-corrected chi connectivity index (χ4v) is 1.41. The lowest BCUT2D eigenvalue weighted by molar-refractivity contribution is 0.0685. The standard InChI is InChI=1S/C11H9FN2O2/c12-9-3-1-8(2-4-9)6-14-7-13-5-10(14)11(15)16/h1-5,7H,6H2,(H,15,16). The molecule has 0 bridgehead atoms. The van der Waals surface area contributed by atoms with Crippen molar-refractivity contribution in [2.45, 2.75) is 6.54 Å². The van der Waals surface area contributed by atoms with Crippen LogP contribution in [0.1, 0.15) is 16.1 Å². The highest BCUT2D eigenvalue weighted by atomic mass is 19.1. The second kappa shape index (κ2) is 4.14. The van der Waals surface area contributed by atoms with E-state index in [2.05, 4.69) is 4.98 Å². The van der Waals surface area contributed by atoms with Gasteiger partial charge in [-0.3, -0.25) is 0 Å². The molecule has 1 aromatic heterocycles. The quantitative estimate of drug-likeness (QED) is 0.857. The number of carboxylic acid groups (broad SMARTS) is 1. The van der Waals surface area contributed by atoms with E-state index in [1.807, 2.05) is 0 Å². The van der Waals surface area contributed by atoms with Crippen molar-refractivity contribution in [2.24, 2.45) is 0 Å². The van der Waals surface area contributed by atoms with Gasteiger partial charge in [0.05, 0.1) is 12.5 Å². The van der Waals surface area contributed by atoms with Crippen LogP contribution in [0, 0.1) is 5.82 Å². The third kappa shape index (κ3) is 2.08. The predicted molar refractivity (Wildman–Crippen MR) is 54.7 cm³/mol. The van der Waals surface area contributed by atoms with Crippen molar-refractivity contribution in [1.29, 1.82) is 0 Å². The fraction of sp³-hybridized carbons (Fsp3) is 0.0909. The van der Waals surface area contributed by atoms with Crippen molar-refractivity contribution >= 4 is 5.97 Å². The smallest absolute Gasteiger partial charge is 0.354 e. The Morgan fingerprint density at radius 1 is 1.38 bits per heavy atom. The van der Waals surface area contributed by atoms with E-state index in [4.69, 9.17) is 5.11 Å².